The summed E-state index contributed by atoms with van der Waals surface area (Å²) >= 11 is 0. The number of hydrogen-bond donors (Lipinski definition) is 2. The molecule has 1 fully saturated rings. The third-order valence-corrected chi connectivity index (χ3v) is 3.43. The number of rotatable bonds is 6. The Bertz CT molecular complexity index is 181. The van der Waals surface area contributed by atoms with Gasteiger partial charge in [0.15, 0.2) is 0 Å². The lowest BCUT2D eigenvalue weighted by Crippen LogP contribution is -2.41. The lowest BCUT2D eigenvalue weighted by molar-refractivity contribution is 0.148. The van der Waals surface area contributed by atoms with Crippen molar-refractivity contribution in [3.8, 4) is 0 Å². The third-order valence-electron chi connectivity index (χ3n) is 3.43. The lowest BCUT2D eigenvalue weighted by Gasteiger charge is -2.30. The molecule has 0 amide bonds. The summed E-state index contributed by atoms with van der Waals surface area (Å²) in [6, 6.07) is 0.622. The van der Waals surface area contributed by atoms with Crippen LogP contribution in [0.2, 0.25) is 0 Å². The first-order chi connectivity index (χ1) is 7.24. The van der Waals surface area contributed by atoms with Crippen LogP contribution < -0.4 is 5.32 Å². The number of hydrogen-bond acceptors (Lipinski definition) is 2. The average Bonchev–Trinajstić information content (AvgIpc) is 2.25. The zero-order valence-electron chi connectivity index (χ0n) is 9.91. The van der Waals surface area contributed by atoms with Gasteiger partial charge in [-0.15, -0.1) is 6.58 Å². The molecule has 2 heteroatoms. The Morgan fingerprint density at radius 2 is 2.20 bits per heavy atom. The molecule has 0 aliphatic heterocycles. The minimum absolute atomic E-state index is 0.211. The maximum Gasteiger partial charge on any atom is 0.0667 e. The summed E-state index contributed by atoms with van der Waals surface area (Å²) in [5, 5.41) is 13.2. The van der Waals surface area contributed by atoms with E-state index in [9.17, 15) is 5.11 Å². The molecule has 1 aliphatic rings. The van der Waals surface area contributed by atoms with Crippen molar-refractivity contribution in [2.75, 3.05) is 6.54 Å². The second-order valence-corrected chi connectivity index (χ2v) is 4.80. The lowest BCUT2D eigenvalue weighted by atomic mass is 9.86. The molecule has 0 heterocycles. The Morgan fingerprint density at radius 3 is 2.87 bits per heavy atom. The highest BCUT2D eigenvalue weighted by Gasteiger charge is 2.20. The van der Waals surface area contributed by atoms with Gasteiger partial charge >= 0.3 is 0 Å². The highest BCUT2D eigenvalue weighted by Crippen LogP contribution is 2.23. The van der Waals surface area contributed by atoms with Crippen molar-refractivity contribution in [3.63, 3.8) is 0 Å². The first-order valence-corrected chi connectivity index (χ1v) is 6.26. The zero-order chi connectivity index (χ0) is 11.1. The predicted octanol–water partition coefficient (Wildman–Crippen LogP) is 2.48. The molecule has 1 aliphatic carbocycles. The molecular formula is C13H25NO. The van der Waals surface area contributed by atoms with Gasteiger partial charge in [0, 0.05) is 12.6 Å². The van der Waals surface area contributed by atoms with Crippen LogP contribution in [0.5, 0.6) is 0 Å². The van der Waals surface area contributed by atoms with E-state index < -0.39 is 0 Å². The Labute approximate surface area is 93.8 Å². The minimum atomic E-state index is -0.211. The van der Waals surface area contributed by atoms with E-state index in [4.69, 9.17) is 0 Å². The molecule has 1 saturated carbocycles. The summed E-state index contributed by atoms with van der Waals surface area (Å²) in [5.74, 6) is 0.769. The molecule has 0 aromatic rings. The van der Waals surface area contributed by atoms with Crippen molar-refractivity contribution in [1.82, 2.24) is 5.32 Å². The standard InChI is InChI=1S/C13H25NO/c1-3-4-8-12(15)10-14-13-9-6-5-7-11(13)2/h3,11-15H,1,4-10H2,2H3/t11-,12+,13-/m1/s1. The molecule has 2 nitrogen and oxygen atoms in total. The van der Waals surface area contributed by atoms with Gasteiger partial charge in [0.05, 0.1) is 6.10 Å². The summed E-state index contributed by atoms with van der Waals surface area (Å²) in [6.45, 7) is 6.71. The molecule has 1 rings (SSSR count). The van der Waals surface area contributed by atoms with Gasteiger partial charge in [-0.2, -0.15) is 0 Å². The van der Waals surface area contributed by atoms with Crippen molar-refractivity contribution in [1.29, 1.82) is 0 Å². The SMILES string of the molecule is C=CCC[C@H](O)CN[C@@H]1CCCC[C@H]1C. The molecule has 0 aromatic heterocycles. The second kappa shape index (κ2) is 7.02. The minimum Gasteiger partial charge on any atom is -0.392 e. The van der Waals surface area contributed by atoms with Crippen LogP contribution in [0.1, 0.15) is 45.4 Å². The largest absolute Gasteiger partial charge is 0.392 e. The maximum absolute atomic E-state index is 9.69. The normalized spacial score (nSPS) is 28.7. The fourth-order valence-electron chi connectivity index (χ4n) is 2.32. The van der Waals surface area contributed by atoms with E-state index >= 15 is 0 Å². The Hall–Kier alpha value is -0.340. The Kier molecular flexibility index (Phi) is 5.96. The number of nitrogens with one attached hydrogen (secondary N) is 1. The van der Waals surface area contributed by atoms with Crippen LogP contribution in [0, 0.1) is 5.92 Å². The molecule has 2 N–H and O–H groups in total. The molecule has 0 bridgehead atoms. The molecule has 15 heavy (non-hydrogen) atoms. The van der Waals surface area contributed by atoms with Gasteiger partial charge in [0.1, 0.15) is 0 Å². The van der Waals surface area contributed by atoms with E-state index in [0.717, 1.165) is 25.3 Å². The van der Waals surface area contributed by atoms with Crippen LogP contribution in [0.3, 0.4) is 0 Å². The zero-order valence-corrected chi connectivity index (χ0v) is 9.91. The molecule has 0 spiro atoms. The van der Waals surface area contributed by atoms with Crippen LogP contribution in [0.15, 0.2) is 12.7 Å². The van der Waals surface area contributed by atoms with Gasteiger partial charge in [-0.25, -0.2) is 0 Å². The number of aliphatic hydroxyl groups is 1. The van der Waals surface area contributed by atoms with Crippen LogP contribution in [0.4, 0.5) is 0 Å². The van der Waals surface area contributed by atoms with Crippen molar-refractivity contribution >= 4 is 0 Å². The van der Waals surface area contributed by atoms with Gasteiger partial charge < -0.3 is 10.4 Å². The van der Waals surface area contributed by atoms with Crippen LogP contribution in [-0.4, -0.2) is 23.8 Å². The first kappa shape index (κ1) is 12.7. The Balaban J connectivity index is 2.14. The van der Waals surface area contributed by atoms with Gasteiger partial charge in [0.2, 0.25) is 0 Å². The summed E-state index contributed by atoms with van der Waals surface area (Å²) in [5.41, 5.74) is 0. The van der Waals surface area contributed by atoms with Gasteiger partial charge in [-0.3, -0.25) is 0 Å². The maximum atomic E-state index is 9.69. The summed E-state index contributed by atoms with van der Waals surface area (Å²) in [4.78, 5) is 0. The van der Waals surface area contributed by atoms with Gasteiger partial charge in [-0.1, -0.05) is 25.8 Å². The van der Waals surface area contributed by atoms with E-state index in [1.165, 1.54) is 25.7 Å². The molecule has 3 atom stereocenters. The van der Waals surface area contributed by atoms with Gasteiger partial charge in [-0.05, 0) is 31.6 Å². The number of allylic oxidation sites excluding steroid dienone is 1. The summed E-state index contributed by atoms with van der Waals surface area (Å²) in [7, 11) is 0. The molecule has 0 saturated heterocycles. The third kappa shape index (κ3) is 4.80. The monoisotopic (exact) mass is 211 g/mol. The molecule has 0 aromatic carbocycles. The highest BCUT2D eigenvalue weighted by molar-refractivity contribution is 4.79. The van der Waals surface area contributed by atoms with E-state index in [1.54, 1.807) is 0 Å². The van der Waals surface area contributed by atoms with Crippen LogP contribution in [0.25, 0.3) is 0 Å². The molecular weight excluding hydrogens is 186 g/mol. The van der Waals surface area contributed by atoms with Crippen molar-refractivity contribution in [2.45, 2.75) is 57.6 Å². The number of aliphatic hydroxyl groups excluding tert-OH is 1. The summed E-state index contributed by atoms with van der Waals surface area (Å²) < 4.78 is 0. The smallest absolute Gasteiger partial charge is 0.0667 e. The van der Waals surface area contributed by atoms with Crippen molar-refractivity contribution in [3.05, 3.63) is 12.7 Å². The quantitative estimate of drug-likeness (QED) is 0.662. The highest BCUT2D eigenvalue weighted by atomic mass is 16.3. The van der Waals surface area contributed by atoms with E-state index in [1.807, 2.05) is 6.08 Å². The molecule has 0 unspecified atom stereocenters. The summed E-state index contributed by atoms with van der Waals surface area (Å²) in [6.07, 6.45) is 8.71. The Morgan fingerprint density at radius 1 is 1.47 bits per heavy atom. The van der Waals surface area contributed by atoms with Gasteiger partial charge in [0.25, 0.3) is 0 Å². The average molecular weight is 211 g/mol. The van der Waals surface area contributed by atoms with Crippen LogP contribution in [-0.2, 0) is 0 Å². The second-order valence-electron chi connectivity index (χ2n) is 4.80. The van der Waals surface area contributed by atoms with E-state index in [0.29, 0.717) is 6.04 Å². The molecule has 0 radical (unpaired) electrons. The predicted molar refractivity (Wildman–Crippen MR) is 64.9 cm³/mol. The fourth-order valence-corrected chi connectivity index (χ4v) is 2.32. The van der Waals surface area contributed by atoms with E-state index in [-0.39, 0.29) is 6.10 Å². The van der Waals surface area contributed by atoms with E-state index in [2.05, 4.69) is 18.8 Å². The van der Waals surface area contributed by atoms with Crippen LogP contribution >= 0.6 is 0 Å². The molecule has 88 valence electrons. The van der Waals surface area contributed by atoms with Crippen molar-refractivity contribution in [2.24, 2.45) is 5.92 Å². The fraction of sp³-hybridized carbons (Fsp3) is 0.846. The van der Waals surface area contributed by atoms with Crippen molar-refractivity contribution < 1.29 is 5.11 Å². The first-order valence-electron chi connectivity index (χ1n) is 6.26. The topological polar surface area (TPSA) is 32.3 Å².